The quantitative estimate of drug-likeness (QED) is 0.374. The highest BCUT2D eigenvalue weighted by Crippen LogP contribution is 2.40. The first-order chi connectivity index (χ1) is 7.69. The van der Waals surface area contributed by atoms with E-state index < -0.39 is 0 Å². The summed E-state index contributed by atoms with van der Waals surface area (Å²) in [4.78, 5) is 22.6. The lowest BCUT2D eigenvalue weighted by Crippen LogP contribution is -2.01. The van der Waals surface area contributed by atoms with Gasteiger partial charge in [0.1, 0.15) is 11.5 Å². The molecule has 2 heterocycles. The Bertz CT molecular complexity index is 554. The largest absolute Gasteiger partial charge is 0.426 e. The fraction of sp³-hybridized carbons (Fsp3) is 0.167. The molecule has 16 heavy (non-hydrogen) atoms. The summed E-state index contributed by atoms with van der Waals surface area (Å²) in [7, 11) is 0. The first-order valence-corrected chi connectivity index (χ1v) is 4.95. The molecule has 0 unspecified atom stereocenters. The molecule has 0 spiro atoms. The van der Waals surface area contributed by atoms with Gasteiger partial charge in [0.25, 0.3) is 0 Å². The molecule has 0 saturated carbocycles. The van der Waals surface area contributed by atoms with Crippen LogP contribution in [-0.2, 0) is 16.0 Å². The number of carbonyl (C=O) groups is 2. The average molecular weight is 216 g/mol. The van der Waals surface area contributed by atoms with Crippen molar-refractivity contribution in [1.29, 1.82) is 0 Å². The first kappa shape index (κ1) is 9.15. The number of hydrogen-bond donors (Lipinski definition) is 0. The van der Waals surface area contributed by atoms with E-state index in [2.05, 4.69) is 0 Å². The second-order valence-corrected chi connectivity index (χ2v) is 3.70. The molecule has 0 aliphatic carbocycles. The van der Waals surface area contributed by atoms with Crippen molar-refractivity contribution in [2.75, 3.05) is 0 Å². The van der Waals surface area contributed by atoms with Gasteiger partial charge in [0.05, 0.1) is 12.0 Å². The molecule has 2 aliphatic heterocycles. The SMILES string of the molecule is C/C=C1\C(=O)Oc2cc3c(cc21)OC(=O)C3. The molecule has 80 valence electrons. The fourth-order valence-electron chi connectivity index (χ4n) is 1.98. The lowest BCUT2D eigenvalue weighted by Gasteiger charge is -2.00. The molecule has 0 aromatic heterocycles. The number of rotatable bonds is 0. The van der Waals surface area contributed by atoms with E-state index in [0.29, 0.717) is 22.6 Å². The van der Waals surface area contributed by atoms with Gasteiger partial charge in [-0.2, -0.15) is 0 Å². The van der Waals surface area contributed by atoms with Gasteiger partial charge in [0, 0.05) is 11.1 Å². The van der Waals surface area contributed by atoms with Crippen molar-refractivity contribution in [1.82, 2.24) is 0 Å². The first-order valence-electron chi connectivity index (χ1n) is 4.95. The van der Waals surface area contributed by atoms with Crippen LogP contribution in [0.15, 0.2) is 18.2 Å². The Morgan fingerprint density at radius 2 is 2.00 bits per heavy atom. The van der Waals surface area contributed by atoms with Gasteiger partial charge in [-0.05, 0) is 19.1 Å². The van der Waals surface area contributed by atoms with Gasteiger partial charge in [-0.25, -0.2) is 4.79 Å². The Morgan fingerprint density at radius 3 is 2.75 bits per heavy atom. The highest BCUT2D eigenvalue weighted by Gasteiger charge is 2.31. The molecule has 0 fully saturated rings. The van der Waals surface area contributed by atoms with Crippen LogP contribution in [0.25, 0.3) is 5.57 Å². The van der Waals surface area contributed by atoms with Crippen LogP contribution in [0.4, 0.5) is 0 Å². The van der Waals surface area contributed by atoms with Crippen LogP contribution >= 0.6 is 0 Å². The van der Waals surface area contributed by atoms with E-state index in [1.165, 1.54) is 0 Å². The number of hydrogen-bond acceptors (Lipinski definition) is 4. The summed E-state index contributed by atoms with van der Waals surface area (Å²) < 4.78 is 10.1. The predicted octanol–water partition coefficient (Wildman–Crippen LogP) is 1.47. The summed E-state index contributed by atoms with van der Waals surface area (Å²) in [6, 6.07) is 3.39. The number of fused-ring (bicyclic) bond motifs is 2. The summed E-state index contributed by atoms with van der Waals surface area (Å²) in [6.45, 7) is 1.77. The van der Waals surface area contributed by atoms with Crippen molar-refractivity contribution < 1.29 is 19.1 Å². The van der Waals surface area contributed by atoms with Crippen molar-refractivity contribution in [2.45, 2.75) is 13.3 Å². The minimum Gasteiger partial charge on any atom is -0.426 e. The summed E-state index contributed by atoms with van der Waals surface area (Å²) in [5.74, 6) is 0.413. The number of carbonyl (C=O) groups excluding carboxylic acids is 2. The molecule has 0 atom stereocenters. The lowest BCUT2D eigenvalue weighted by molar-refractivity contribution is -0.132. The summed E-state index contributed by atoms with van der Waals surface area (Å²) >= 11 is 0. The Kier molecular flexibility index (Phi) is 1.68. The molecule has 4 nitrogen and oxygen atoms in total. The van der Waals surface area contributed by atoms with Gasteiger partial charge in [-0.3, -0.25) is 4.79 Å². The van der Waals surface area contributed by atoms with Gasteiger partial charge in [-0.15, -0.1) is 0 Å². The molecule has 0 N–H and O–H groups in total. The Labute approximate surface area is 91.5 Å². The maximum atomic E-state index is 11.5. The van der Waals surface area contributed by atoms with Crippen LogP contribution < -0.4 is 9.47 Å². The van der Waals surface area contributed by atoms with Crippen molar-refractivity contribution in [3.05, 3.63) is 29.3 Å². The topological polar surface area (TPSA) is 52.6 Å². The molecule has 1 aromatic carbocycles. The number of esters is 2. The standard InChI is InChI=1S/C12H8O4/c1-2-7-8-5-9-6(4-11(13)15-9)3-10(8)16-12(7)14/h2-3,5H,4H2,1H3/b7-2-. The van der Waals surface area contributed by atoms with E-state index in [-0.39, 0.29) is 18.4 Å². The molecule has 0 radical (unpaired) electrons. The maximum Gasteiger partial charge on any atom is 0.343 e. The van der Waals surface area contributed by atoms with E-state index in [0.717, 1.165) is 5.56 Å². The highest BCUT2D eigenvalue weighted by atomic mass is 16.5. The zero-order valence-corrected chi connectivity index (χ0v) is 8.57. The van der Waals surface area contributed by atoms with Gasteiger partial charge in [-0.1, -0.05) is 6.08 Å². The molecule has 2 aliphatic rings. The normalized spacial score (nSPS) is 19.4. The second kappa shape index (κ2) is 2.95. The molecule has 0 saturated heterocycles. The van der Waals surface area contributed by atoms with Gasteiger partial charge in [0.2, 0.25) is 0 Å². The van der Waals surface area contributed by atoms with Crippen molar-refractivity contribution in [2.24, 2.45) is 0 Å². The van der Waals surface area contributed by atoms with E-state index in [9.17, 15) is 9.59 Å². The average Bonchev–Trinajstić information content (AvgIpc) is 2.71. The second-order valence-electron chi connectivity index (χ2n) is 3.70. The molecular formula is C12H8O4. The van der Waals surface area contributed by atoms with Crippen molar-refractivity contribution in [3.63, 3.8) is 0 Å². The Hall–Kier alpha value is -2.10. The van der Waals surface area contributed by atoms with Gasteiger partial charge >= 0.3 is 11.9 Å². The van der Waals surface area contributed by atoms with E-state index >= 15 is 0 Å². The fourth-order valence-corrected chi connectivity index (χ4v) is 1.98. The smallest absolute Gasteiger partial charge is 0.343 e. The Balaban J connectivity index is 2.19. The van der Waals surface area contributed by atoms with Crippen molar-refractivity contribution >= 4 is 17.5 Å². The van der Waals surface area contributed by atoms with E-state index in [1.54, 1.807) is 25.1 Å². The van der Waals surface area contributed by atoms with Crippen LogP contribution in [0.5, 0.6) is 11.5 Å². The molecule has 1 aromatic rings. The van der Waals surface area contributed by atoms with Gasteiger partial charge < -0.3 is 9.47 Å². The van der Waals surface area contributed by atoms with Gasteiger partial charge in [0.15, 0.2) is 0 Å². The van der Waals surface area contributed by atoms with Crippen LogP contribution in [0.3, 0.4) is 0 Å². The number of allylic oxidation sites excluding steroid dienone is 1. The lowest BCUT2D eigenvalue weighted by atomic mass is 10.0. The van der Waals surface area contributed by atoms with Crippen molar-refractivity contribution in [3.8, 4) is 11.5 Å². The minimum absolute atomic E-state index is 0.241. The molecule has 0 amide bonds. The van der Waals surface area contributed by atoms with Crippen LogP contribution in [0, 0.1) is 0 Å². The molecule has 4 heteroatoms. The summed E-state index contributed by atoms with van der Waals surface area (Å²) in [6.07, 6.45) is 1.93. The zero-order chi connectivity index (χ0) is 11.3. The summed E-state index contributed by atoms with van der Waals surface area (Å²) in [5, 5.41) is 0. The van der Waals surface area contributed by atoms with E-state index in [4.69, 9.17) is 9.47 Å². The molecule has 3 rings (SSSR count). The third-order valence-electron chi connectivity index (χ3n) is 2.72. The van der Waals surface area contributed by atoms with Crippen LogP contribution in [-0.4, -0.2) is 11.9 Å². The third kappa shape index (κ3) is 1.10. The predicted molar refractivity (Wildman–Crippen MR) is 55.1 cm³/mol. The van der Waals surface area contributed by atoms with E-state index in [1.807, 2.05) is 0 Å². The third-order valence-corrected chi connectivity index (χ3v) is 2.72. The number of benzene rings is 1. The molecule has 0 bridgehead atoms. The summed E-state index contributed by atoms with van der Waals surface area (Å²) in [5.41, 5.74) is 1.98. The monoisotopic (exact) mass is 216 g/mol. The molecular weight excluding hydrogens is 208 g/mol. The maximum absolute atomic E-state index is 11.5. The zero-order valence-electron chi connectivity index (χ0n) is 8.57. The highest BCUT2D eigenvalue weighted by molar-refractivity contribution is 6.21. The van der Waals surface area contributed by atoms with Crippen LogP contribution in [0.1, 0.15) is 18.1 Å². The van der Waals surface area contributed by atoms with Crippen LogP contribution in [0.2, 0.25) is 0 Å². The number of ether oxygens (including phenoxy) is 2. The minimum atomic E-state index is -0.354. The Morgan fingerprint density at radius 1 is 1.19 bits per heavy atom.